The predicted octanol–water partition coefficient (Wildman–Crippen LogP) is 2.90. The van der Waals surface area contributed by atoms with Crippen LogP contribution in [0.1, 0.15) is 33.4 Å². The number of hydrogen-bond acceptors (Lipinski definition) is 9. The Kier molecular flexibility index (Phi) is 7.11. The lowest BCUT2D eigenvalue weighted by Crippen LogP contribution is -2.32. The van der Waals surface area contributed by atoms with Gasteiger partial charge in [0.15, 0.2) is 0 Å². The van der Waals surface area contributed by atoms with Crippen LogP contribution >= 0.6 is 23.2 Å². The highest BCUT2D eigenvalue weighted by Gasteiger charge is 2.40. The number of nitrogens with two attached hydrogens (primary N) is 1. The summed E-state index contributed by atoms with van der Waals surface area (Å²) >= 11 is 11.7. The Morgan fingerprint density at radius 3 is 2.21 bits per heavy atom. The van der Waals surface area contributed by atoms with E-state index in [9.17, 15) is 14.4 Å². The second-order valence-electron chi connectivity index (χ2n) is 7.33. The number of ether oxygens (including phenoxy) is 3. The summed E-state index contributed by atoms with van der Waals surface area (Å²) in [5.74, 6) is -1.42. The molecule has 3 aromatic rings. The van der Waals surface area contributed by atoms with Crippen molar-refractivity contribution in [1.29, 1.82) is 0 Å². The third-order valence-corrected chi connectivity index (χ3v) is 5.54. The van der Waals surface area contributed by atoms with E-state index in [4.69, 9.17) is 43.1 Å². The molecule has 12 heteroatoms. The molecule has 0 radical (unpaired) electrons. The normalized spacial score (nSPS) is 19.5. The summed E-state index contributed by atoms with van der Waals surface area (Å²) in [6.07, 6.45) is -1.28. The number of nitrogens with zero attached hydrogens (tertiary/aromatic N) is 3. The van der Waals surface area contributed by atoms with Crippen molar-refractivity contribution in [2.75, 3.05) is 12.3 Å². The quantitative estimate of drug-likeness (QED) is 0.502. The number of anilines is 1. The lowest BCUT2D eigenvalue weighted by molar-refractivity contribution is -0.0584. The maximum Gasteiger partial charge on any atom is 0.354 e. The van der Waals surface area contributed by atoms with Gasteiger partial charge in [-0.15, -0.1) is 0 Å². The zero-order valence-corrected chi connectivity index (χ0v) is 19.0. The van der Waals surface area contributed by atoms with Crippen LogP contribution in [0.3, 0.4) is 0 Å². The molecule has 1 fully saturated rings. The van der Waals surface area contributed by atoms with Crippen molar-refractivity contribution in [1.82, 2.24) is 14.5 Å². The molecule has 1 saturated heterocycles. The van der Waals surface area contributed by atoms with E-state index in [1.807, 2.05) is 0 Å². The van der Waals surface area contributed by atoms with Gasteiger partial charge in [0.2, 0.25) is 5.95 Å². The molecule has 3 atom stereocenters. The van der Waals surface area contributed by atoms with E-state index in [1.165, 1.54) is 30.6 Å². The van der Waals surface area contributed by atoms with Crippen LogP contribution in [0.2, 0.25) is 10.0 Å². The lowest BCUT2D eigenvalue weighted by atomic mass is 10.1. The Balaban J connectivity index is 1.50. The second kappa shape index (κ2) is 10.2. The minimum atomic E-state index is -0.865. The van der Waals surface area contributed by atoms with Crippen LogP contribution in [0, 0.1) is 0 Å². The fourth-order valence-corrected chi connectivity index (χ4v) is 3.57. The molecule has 10 nitrogen and oxygen atoms in total. The second-order valence-corrected chi connectivity index (χ2v) is 8.20. The molecule has 4 rings (SSSR count). The van der Waals surface area contributed by atoms with Gasteiger partial charge in [-0.2, -0.15) is 4.98 Å². The van der Waals surface area contributed by atoms with Gasteiger partial charge in [0.05, 0.1) is 11.1 Å². The lowest BCUT2D eigenvalue weighted by Gasteiger charge is -2.19. The molecule has 176 valence electrons. The van der Waals surface area contributed by atoms with Crippen LogP contribution in [-0.4, -0.2) is 45.3 Å². The standard InChI is InChI=1S/C22H18Cl2N4O6/c23-14-5-1-12(2-6-14)19(29)32-10-17-16(34-20(30)13-3-7-15(24)8-4-13)9-18(33-17)28-11-26-21(25)27-22(28)31/h1-8,11,16-18H,9-10H2,(H2,25,27,31)/t16-,17-,18-/m1/s1. The largest absolute Gasteiger partial charge is 0.459 e. The first-order valence-corrected chi connectivity index (χ1v) is 10.8. The molecule has 0 saturated carbocycles. The van der Waals surface area contributed by atoms with E-state index in [-0.39, 0.29) is 30.1 Å². The highest BCUT2D eigenvalue weighted by atomic mass is 35.5. The average Bonchev–Trinajstić information content (AvgIpc) is 3.20. The molecule has 1 aliphatic rings. The van der Waals surface area contributed by atoms with Crippen LogP contribution < -0.4 is 11.4 Å². The van der Waals surface area contributed by atoms with Crippen molar-refractivity contribution in [3.05, 3.63) is 86.5 Å². The Hall–Kier alpha value is -3.47. The summed E-state index contributed by atoms with van der Waals surface area (Å²) in [7, 11) is 0. The number of halogens is 2. The molecule has 2 heterocycles. The smallest absolute Gasteiger partial charge is 0.354 e. The highest BCUT2D eigenvalue weighted by Crippen LogP contribution is 2.31. The number of carbonyl (C=O) groups excluding carboxylic acids is 2. The first-order chi connectivity index (χ1) is 16.3. The van der Waals surface area contributed by atoms with Crippen molar-refractivity contribution in [3.63, 3.8) is 0 Å². The van der Waals surface area contributed by atoms with E-state index in [0.717, 1.165) is 4.57 Å². The van der Waals surface area contributed by atoms with Crippen LogP contribution in [-0.2, 0) is 14.2 Å². The summed E-state index contributed by atoms with van der Waals surface area (Å²) in [5.41, 5.74) is 5.33. The Labute approximate surface area is 203 Å². The van der Waals surface area contributed by atoms with Gasteiger partial charge in [-0.1, -0.05) is 23.2 Å². The molecule has 0 bridgehead atoms. The Morgan fingerprint density at radius 1 is 1.03 bits per heavy atom. The molecule has 2 N–H and O–H groups in total. The number of carbonyl (C=O) groups is 2. The van der Waals surface area contributed by atoms with Crippen LogP contribution in [0.4, 0.5) is 5.95 Å². The van der Waals surface area contributed by atoms with E-state index in [2.05, 4.69) is 9.97 Å². The molecular weight excluding hydrogens is 487 g/mol. The maximum absolute atomic E-state index is 12.7. The minimum Gasteiger partial charge on any atom is -0.459 e. The topological polar surface area (TPSA) is 136 Å². The summed E-state index contributed by atoms with van der Waals surface area (Å²) in [6.45, 7) is -0.235. The van der Waals surface area contributed by atoms with Gasteiger partial charge in [0.25, 0.3) is 0 Å². The van der Waals surface area contributed by atoms with Crippen LogP contribution in [0.5, 0.6) is 0 Å². The van der Waals surface area contributed by atoms with Crippen molar-refractivity contribution < 1.29 is 23.8 Å². The summed E-state index contributed by atoms with van der Waals surface area (Å²) < 4.78 is 18.0. The molecule has 0 unspecified atom stereocenters. The number of hydrogen-bond donors (Lipinski definition) is 1. The van der Waals surface area contributed by atoms with Crippen LogP contribution in [0.15, 0.2) is 59.7 Å². The van der Waals surface area contributed by atoms with Gasteiger partial charge in [-0.05, 0) is 48.5 Å². The fraction of sp³-hybridized carbons (Fsp3) is 0.227. The third-order valence-electron chi connectivity index (χ3n) is 5.03. The molecule has 34 heavy (non-hydrogen) atoms. The highest BCUT2D eigenvalue weighted by molar-refractivity contribution is 6.31. The van der Waals surface area contributed by atoms with E-state index in [1.54, 1.807) is 24.3 Å². The van der Waals surface area contributed by atoms with Gasteiger partial charge in [-0.3, -0.25) is 4.57 Å². The first-order valence-electron chi connectivity index (χ1n) is 10.1. The molecule has 1 aliphatic heterocycles. The monoisotopic (exact) mass is 504 g/mol. The van der Waals surface area contributed by atoms with Gasteiger partial charge in [0.1, 0.15) is 31.4 Å². The molecule has 0 spiro atoms. The molecule has 2 aromatic carbocycles. The predicted molar refractivity (Wildman–Crippen MR) is 122 cm³/mol. The zero-order valence-electron chi connectivity index (χ0n) is 17.5. The van der Waals surface area contributed by atoms with Gasteiger partial charge in [0, 0.05) is 16.5 Å². The number of esters is 2. The fourth-order valence-electron chi connectivity index (χ4n) is 3.32. The summed E-state index contributed by atoms with van der Waals surface area (Å²) in [4.78, 5) is 44.7. The van der Waals surface area contributed by atoms with Crippen LogP contribution in [0.25, 0.3) is 0 Å². The minimum absolute atomic E-state index is 0.0929. The van der Waals surface area contributed by atoms with E-state index in [0.29, 0.717) is 10.0 Å². The van der Waals surface area contributed by atoms with Crippen molar-refractivity contribution in [2.24, 2.45) is 0 Å². The summed E-state index contributed by atoms with van der Waals surface area (Å²) in [5, 5.41) is 0.944. The SMILES string of the molecule is Nc1ncn([C@H]2C[C@@H](OC(=O)c3ccc(Cl)cc3)[C@@H](COC(=O)c3ccc(Cl)cc3)O2)c(=O)n1. The van der Waals surface area contributed by atoms with E-state index < -0.39 is 36.1 Å². The molecule has 1 aromatic heterocycles. The first kappa shape index (κ1) is 23.7. The third kappa shape index (κ3) is 5.53. The van der Waals surface area contributed by atoms with Crippen molar-refractivity contribution in [3.8, 4) is 0 Å². The molecule has 0 aliphatic carbocycles. The van der Waals surface area contributed by atoms with Crippen molar-refractivity contribution >= 4 is 41.1 Å². The Morgan fingerprint density at radius 2 is 1.62 bits per heavy atom. The summed E-state index contributed by atoms with van der Waals surface area (Å²) in [6, 6.07) is 12.3. The maximum atomic E-state index is 12.7. The number of benzene rings is 2. The van der Waals surface area contributed by atoms with Crippen molar-refractivity contribution in [2.45, 2.75) is 24.9 Å². The van der Waals surface area contributed by atoms with Gasteiger partial charge < -0.3 is 19.9 Å². The molecular formula is C22H18Cl2N4O6. The zero-order chi connectivity index (χ0) is 24.2. The number of rotatable bonds is 6. The number of nitrogen functional groups attached to an aromatic ring is 1. The van der Waals surface area contributed by atoms with Gasteiger partial charge >= 0.3 is 17.6 Å². The Bertz CT molecular complexity index is 1250. The number of aromatic nitrogens is 3. The van der Waals surface area contributed by atoms with Gasteiger partial charge in [-0.25, -0.2) is 19.4 Å². The van der Waals surface area contributed by atoms with E-state index >= 15 is 0 Å². The molecule has 0 amide bonds. The average molecular weight is 505 g/mol.